The summed E-state index contributed by atoms with van der Waals surface area (Å²) in [6, 6.07) is 33.3. The summed E-state index contributed by atoms with van der Waals surface area (Å²) in [5.74, 6) is 6.16. The molecule has 17 nitrogen and oxygen atoms in total. The second-order valence-corrected chi connectivity index (χ2v) is 55.4. The Morgan fingerprint density at radius 3 is 1.15 bits per heavy atom. The van der Waals surface area contributed by atoms with Crippen molar-refractivity contribution in [1.29, 1.82) is 0 Å². The minimum Gasteiger partial charge on any atom is -1.00 e. The molecule has 6 aromatic heterocycles. The summed E-state index contributed by atoms with van der Waals surface area (Å²) in [5.41, 5.74) is 12.5. The van der Waals surface area contributed by atoms with Crippen molar-refractivity contribution in [1.82, 2.24) is 39.2 Å². The number of fused-ring (bicyclic) bond motifs is 6. The first kappa shape index (κ1) is 80.8. The van der Waals surface area contributed by atoms with Gasteiger partial charge >= 0.3 is 29.6 Å². The molecule has 3 radical (unpaired) electrons. The number of anilines is 2. The van der Waals surface area contributed by atoms with E-state index >= 15 is 0 Å². The Morgan fingerprint density at radius 2 is 0.810 bits per heavy atom. The van der Waals surface area contributed by atoms with Crippen LogP contribution >= 0.6 is 0 Å². The molecule has 4 aliphatic carbocycles. The van der Waals surface area contributed by atoms with Crippen LogP contribution in [0.15, 0.2) is 110 Å². The first-order valence-corrected chi connectivity index (χ1v) is 51.1. The Labute approximate surface area is 626 Å². The molecule has 0 saturated heterocycles. The van der Waals surface area contributed by atoms with Crippen molar-refractivity contribution in [3.63, 3.8) is 0 Å². The standard InChI is InChI=1S/2C38H55N5O3Si2.CH4O.B.Na.H/c1-44-36-35(32-22-28-13-14-29(21-28)23-32)41-37-33(31-15-16-34(39-24-31)30-11-9-8-10-12-30)25-40-43(37)38(36)42(26-45-17-19-47(2,3)4)27-46-18-20-48(5,6)7;1-47(2,3)18-16-45-26-42(27-46-17-19-48(4,5)6)38-34(25-44)36(32-21-28-12-13-29(20-28)22-32)41-37-33(24-40-43(37)38)31-14-15-35(39-23-31)30-10-8-7-9-11-30;1-2;;;/h8-12,15-16,24-25,28-29,32H,13-14,17-23,26-27H2,1-7H3;7-11,14-15,23-24,28-29,32,44H,12-13,16-22,25-27H2,1-6H3;2H,1H3;;;/q;;;;+1;-1/t2*28-,29+,32?;;;;. The molecule has 4 aliphatic rings. The number of rotatable bonds is 30. The SMILES string of the molecule is CO.COc1c(C2C[C@H]3CC[C@@H](C2)C3)nc2c(-c3ccc(-c4ccccc4)nc3)cnn2c1N(COCC[Si](C)(C)C)COCC[Si](C)(C)C.C[Si](C)(C)CCOCN(COCC[Si](C)(C)C)c1c(CO)c(C2C[C@H]3CC[C@@H](C2)C3)nc2c(-c3ccc(-c4ccccc4)nc3)cnn12.[B].[H-].[Na+]. The van der Waals surface area contributed by atoms with Gasteiger partial charge in [0.25, 0.3) is 0 Å². The van der Waals surface area contributed by atoms with Gasteiger partial charge in [0, 0.05) is 137 Å². The molecule has 100 heavy (non-hydrogen) atoms. The summed E-state index contributed by atoms with van der Waals surface area (Å²) in [5, 5.41) is 28.0. The fraction of sp³-hybridized carbons (Fsp3) is 0.558. The van der Waals surface area contributed by atoms with Crippen LogP contribution in [0.4, 0.5) is 11.6 Å². The fourth-order valence-electron chi connectivity index (χ4n) is 14.6. The zero-order chi connectivity index (χ0) is 69.8. The van der Waals surface area contributed by atoms with Crippen LogP contribution in [0.1, 0.15) is 94.4 Å². The van der Waals surface area contributed by atoms with Crippen LogP contribution < -0.4 is 44.1 Å². The van der Waals surface area contributed by atoms with Crippen LogP contribution in [0.2, 0.25) is 103 Å². The Balaban J connectivity index is 0.000000269. The molecule has 6 atom stereocenters. The van der Waals surface area contributed by atoms with Crippen molar-refractivity contribution in [2.75, 3.05) is 77.4 Å². The van der Waals surface area contributed by atoms with Crippen LogP contribution in [0, 0.1) is 23.7 Å². The van der Waals surface area contributed by atoms with Gasteiger partial charge in [-0.25, -0.2) is 9.97 Å². The normalized spacial score (nSPS) is 18.9. The van der Waals surface area contributed by atoms with Gasteiger partial charge in [0.1, 0.15) is 32.7 Å². The van der Waals surface area contributed by atoms with Gasteiger partial charge in [0.15, 0.2) is 22.9 Å². The number of methoxy groups -OCH3 is 1. The van der Waals surface area contributed by atoms with Crippen molar-refractivity contribution >= 4 is 63.6 Å². The number of ether oxygens (including phenoxy) is 5. The molecule has 12 rings (SSSR count). The molecule has 23 heteroatoms. The minimum atomic E-state index is -1.26. The Kier molecular flexibility index (Phi) is 29.6. The molecule has 6 heterocycles. The van der Waals surface area contributed by atoms with E-state index in [-0.39, 0.29) is 46.0 Å². The third-order valence-electron chi connectivity index (χ3n) is 20.1. The van der Waals surface area contributed by atoms with Crippen LogP contribution in [-0.2, 0) is 25.6 Å². The number of aromatic nitrogens is 8. The molecule has 8 aromatic rings. The van der Waals surface area contributed by atoms with E-state index in [1.807, 2.05) is 70.2 Å². The largest absolute Gasteiger partial charge is 1.00 e. The zero-order valence-electron chi connectivity index (χ0n) is 64.1. The van der Waals surface area contributed by atoms with E-state index in [9.17, 15) is 5.11 Å². The second kappa shape index (κ2) is 36.7. The maximum absolute atomic E-state index is 11.1. The zero-order valence-corrected chi connectivity index (χ0v) is 69.1. The van der Waals surface area contributed by atoms with Crippen molar-refractivity contribution in [2.45, 2.75) is 185 Å². The first-order valence-electron chi connectivity index (χ1n) is 36.2. The number of hydrogen-bond acceptors (Lipinski definition) is 15. The van der Waals surface area contributed by atoms with E-state index in [1.54, 1.807) is 7.11 Å². The molecule has 4 bridgehead atoms. The summed E-state index contributed by atoms with van der Waals surface area (Å²) >= 11 is 0. The van der Waals surface area contributed by atoms with Gasteiger partial charge in [-0.3, -0.25) is 9.97 Å². The number of aliphatic hydroxyl groups is 2. The van der Waals surface area contributed by atoms with Gasteiger partial charge < -0.3 is 45.1 Å². The molecule has 535 valence electrons. The molecular weight excluding hydrogens is 1320 g/mol. The van der Waals surface area contributed by atoms with Gasteiger partial charge in [0.05, 0.1) is 48.9 Å². The van der Waals surface area contributed by atoms with E-state index in [0.717, 1.165) is 184 Å². The summed E-state index contributed by atoms with van der Waals surface area (Å²) in [6.45, 7) is 32.8. The average molecular weight is 1440 g/mol. The van der Waals surface area contributed by atoms with E-state index in [4.69, 9.17) is 58.9 Å². The third-order valence-corrected chi connectivity index (χ3v) is 26.9. The van der Waals surface area contributed by atoms with Gasteiger partial charge in [-0.1, -0.05) is 177 Å². The Bertz CT molecular complexity index is 3510. The molecule has 0 amide bonds. The smallest absolute Gasteiger partial charge is 1.00 e. The number of nitrogens with zero attached hydrogens (tertiary/aromatic N) is 10. The van der Waals surface area contributed by atoms with Gasteiger partial charge in [-0.15, -0.1) is 0 Å². The Hall–Kier alpha value is -4.93. The molecule has 0 spiro atoms. The van der Waals surface area contributed by atoms with Crippen LogP contribution in [0.3, 0.4) is 0 Å². The predicted octanol–water partition coefficient (Wildman–Crippen LogP) is 14.2. The summed E-state index contributed by atoms with van der Waals surface area (Å²) in [7, 11) is -2.25. The van der Waals surface area contributed by atoms with Crippen molar-refractivity contribution in [3.8, 4) is 50.5 Å². The fourth-order valence-corrected chi connectivity index (χ4v) is 17.7. The molecule has 2 unspecified atom stereocenters. The molecule has 4 saturated carbocycles. The third kappa shape index (κ3) is 21.6. The first-order chi connectivity index (χ1) is 47.0. The van der Waals surface area contributed by atoms with Crippen LogP contribution in [-0.4, -0.2) is 158 Å². The molecule has 2 aromatic carbocycles. The summed E-state index contributed by atoms with van der Waals surface area (Å²) in [6.07, 6.45) is 20.2. The van der Waals surface area contributed by atoms with E-state index in [1.165, 1.54) is 38.5 Å². The Morgan fingerprint density at radius 1 is 0.460 bits per heavy atom. The van der Waals surface area contributed by atoms with E-state index in [0.29, 0.717) is 52.0 Å². The second-order valence-electron chi connectivity index (χ2n) is 32.9. The molecule has 4 fully saturated rings. The molecular formula is C77H115BN10NaO7Si4. The maximum atomic E-state index is 11.1. The van der Waals surface area contributed by atoms with Crippen LogP contribution in [0.5, 0.6) is 5.75 Å². The maximum Gasteiger partial charge on any atom is 1.00 e. The van der Waals surface area contributed by atoms with E-state index < -0.39 is 32.3 Å². The quantitative estimate of drug-likeness (QED) is 0.0246. The van der Waals surface area contributed by atoms with Crippen molar-refractivity contribution in [3.05, 3.63) is 127 Å². The topological polar surface area (TPSA) is 179 Å². The number of hydrogen-bond donors (Lipinski definition) is 2. The summed E-state index contributed by atoms with van der Waals surface area (Å²) in [4.78, 5) is 24.8. The monoisotopic (exact) mass is 1440 g/mol. The number of pyridine rings is 2. The van der Waals surface area contributed by atoms with Gasteiger partial charge in [-0.05, 0) is 98.5 Å². The molecule has 2 N–H and O–H groups in total. The number of aliphatic hydroxyl groups excluding tert-OH is 2. The van der Waals surface area contributed by atoms with Crippen molar-refractivity contribution < 1.29 is 64.9 Å². The minimum absolute atomic E-state index is 0. The van der Waals surface area contributed by atoms with Crippen molar-refractivity contribution in [2.24, 2.45) is 23.7 Å². The van der Waals surface area contributed by atoms with Crippen LogP contribution in [0.25, 0.3) is 56.1 Å². The molecule has 0 aliphatic heterocycles. The predicted molar refractivity (Wildman–Crippen MR) is 417 cm³/mol. The number of benzene rings is 2. The summed E-state index contributed by atoms with van der Waals surface area (Å²) < 4.78 is 35.8. The van der Waals surface area contributed by atoms with Gasteiger partial charge in [-0.2, -0.15) is 19.2 Å². The van der Waals surface area contributed by atoms with E-state index in [2.05, 4.69) is 137 Å². The van der Waals surface area contributed by atoms with Gasteiger partial charge in [0.2, 0.25) is 0 Å². The average Bonchev–Trinajstić information content (AvgIpc) is 1.68.